The second-order valence-electron chi connectivity index (χ2n) is 10.2. The van der Waals surface area contributed by atoms with Crippen molar-refractivity contribution in [2.45, 2.75) is 70.3 Å². The van der Waals surface area contributed by atoms with Gasteiger partial charge in [-0.3, -0.25) is 9.59 Å². The number of rotatable bonds is 3. The molecule has 2 saturated heterocycles. The molecule has 27 heavy (non-hydrogen) atoms. The first kappa shape index (κ1) is 18.0. The van der Waals surface area contributed by atoms with Gasteiger partial charge in [0.1, 0.15) is 6.10 Å². The molecular weight excluding hydrogens is 340 g/mol. The van der Waals surface area contributed by atoms with E-state index in [1.165, 1.54) is 38.5 Å². The monoisotopic (exact) mass is 374 g/mol. The van der Waals surface area contributed by atoms with Gasteiger partial charge in [0.25, 0.3) is 5.91 Å². The zero-order chi connectivity index (χ0) is 18.4. The normalized spacial score (nSPS) is 41.0. The van der Waals surface area contributed by atoms with Crippen molar-refractivity contribution in [2.24, 2.45) is 23.2 Å². The van der Waals surface area contributed by atoms with E-state index in [4.69, 9.17) is 4.74 Å². The largest absolute Gasteiger partial charge is 0.368 e. The maximum Gasteiger partial charge on any atom is 0.251 e. The van der Waals surface area contributed by atoms with Crippen LogP contribution < -0.4 is 0 Å². The highest BCUT2D eigenvalue weighted by atomic mass is 16.5. The van der Waals surface area contributed by atoms with Crippen molar-refractivity contribution < 1.29 is 14.3 Å². The minimum absolute atomic E-state index is 0.142. The number of carbonyl (C=O) groups excluding carboxylic acids is 2. The lowest BCUT2D eigenvalue weighted by Gasteiger charge is -2.57. The summed E-state index contributed by atoms with van der Waals surface area (Å²) in [6, 6.07) is 0. The molecule has 2 amide bonds. The number of carbonyl (C=O) groups is 2. The molecule has 4 aliphatic carbocycles. The van der Waals surface area contributed by atoms with Crippen LogP contribution in [0.5, 0.6) is 0 Å². The van der Waals surface area contributed by atoms with Crippen molar-refractivity contribution >= 4 is 11.8 Å². The smallest absolute Gasteiger partial charge is 0.251 e. The van der Waals surface area contributed by atoms with Gasteiger partial charge in [0.2, 0.25) is 5.91 Å². The molecule has 0 aromatic rings. The Kier molecular flexibility index (Phi) is 4.69. The Balaban J connectivity index is 1.18. The van der Waals surface area contributed by atoms with Gasteiger partial charge in [-0.25, -0.2) is 0 Å². The summed E-state index contributed by atoms with van der Waals surface area (Å²) in [7, 11) is 0. The van der Waals surface area contributed by atoms with E-state index >= 15 is 0 Å². The Morgan fingerprint density at radius 1 is 0.852 bits per heavy atom. The van der Waals surface area contributed by atoms with E-state index in [2.05, 4.69) is 4.90 Å². The van der Waals surface area contributed by atoms with Gasteiger partial charge in [0.05, 0.1) is 0 Å². The summed E-state index contributed by atoms with van der Waals surface area (Å²) < 4.78 is 5.57. The van der Waals surface area contributed by atoms with Crippen molar-refractivity contribution in [3.63, 3.8) is 0 Å². The van der Waals surface area contributed by atoms with E-state index in [0.717, 1.165) is 56.5 Å². The summed E-state index contributed by atoms with van der Waals surface area (Å²) in [6.45, 7) is 3.65. The summed E-state index contributed by atoms with van der Waals surface area (Å²) in [5.41, 5.74) is 0.311. The molecule has 0 spiro atoms. The topological polar surface area (TPSA) is 49.9 Å². The van der Waals surface area contributed by atoms with Gasteiger partial charge < -0.3 is 14.5 Å². The molecule has 0 radical (unpaired) electrons. The fourth-order valence-electron chi connectivity index (χ4n) is 7.30. The molecule has 5 nitrogen and oxygen atoms in total. The molecule has 150 valence electrons. The molecule has 0 aromatic heterocycles. The highest BCUT2D eigenvalue weighted by Crippen LogP contribution is 2.61. The predicted octanol–water partition coefficient (Wildman–Crippen LogP) is 2.83. The third kappa shape index (κ3) is 3.52. The van der Waals surface area contributed by atoms with Gasteiger partial charge in [0, 0.05) is 39.2 Å². The fraction of sp³-hybridized carbons (Fsp3) is 0.909. The molecule has 2 heterocycles. The lowest BCUT2D eigenvalue weighted by atomic mass is 9.49. The van der Waals surface area contributed by atoms with Gasteiger partial charge in [-0.15, -0.1) is 0 Å². The van der Waals surface area contributed by atoms with Crippen molar-refractivity contribution in [1.82, 2.24) is 9.80 Å². The molecular formula is C22H34N2O3. The average Bonchev–Trinajstić information content (AvgIpc) is 3.04. The highest BCUT2D eigenvalue weighted by Gasteiger charge is 2.51. The quantitative estimate of drug-likeness (QED) is 0.763. The standard InChI is InChI=1S/C22H34N2O3/c25-20(15-22-12-16-9-17(13-22)11-18(10-16)14-22)23-4-2-5-24(7-6-23)21(26)19-3-1-8-27-19/h16-19H,1-15H2. The lowest BCUT2D eigenvalue weighted by Crippen LogP contribution is -2.49. The summed E-state index contributed by atoms with van der Waals surface area (Å²) >= 11 is 0. The Bertz CT molecular complexity index is 563. The van der Waals surface area contributed by atoms with Crippen LogP contribution >= 0.6 is 0 Å². The minimum atomic E-state index is -0.237. The van der Waals surface area contributed by atoms with Gasteiger partial charge in [0.15, 0.2) is 0 Å². The Morgan fingerprint density at radius 3 is 2.11 bits per heavy atom. The zero-order valence-electron chi connectivity index (χ0n) is 16.5. The number of hydrogen-bond acceptors (Lipinski definition) is 3. The summed E-state index contributed by atoms with van der Waals surface area (Å²) in [4.78, 5) is 29.8. The number of amides is 2. The van der Waals surface area contributed by atoms with Crippen LogP contribution in [0, 0.1) is 23.2 Å². The van der Waals surface area contributed by atoms with Crippen LogP contribution in [0.25, 0.3) is 0 Å². The second kappa shape index (κ2) is 7.06. The van der Waals surface area contributed by atoms with E-state index in [1.807, 2.05) is 4.90 Å². The van der Waals surface area contributed by atoms with E-state index in [-0.39, 0.29) is 12.0 Å². The van der Waals surface area contributed by atoms with Gasteiger partial charge in [-0.1, -0.05) is 0 Å². The SMILES string of the molecule is O=C(CC12CC3CC(CC(C3)C1)C2)N1CCCN(C(=O)C2CCCO2)CC1. The molecule has 0 aromatic carbocycles. The maximum absolute atomic E-state index is 13.2. The molecule has 6 fully saturated rings. The van der Waals surface area contributed by atoms with Crippen LogP contribution in [0.4, 0.5) is 0 Å². The van der Waals surface area contributed by atoms with Crippen LogP contribution in [0.2, 0.25) is 0 Å². The van der Waals surface area contributed by atoms with Crippen LogP contribution in [0.3, 0.4) is 0 Å². The predicted molar refractivity (Wildman–Crippen MR) is 102 cm³/mol. The molecule has 0 N–H and O–H groups in total. The maximum atomic E-state index is 13.2. The summed E-state index contributed by atoms with van der Waals surface area (Å²) in [5, 5.41) is 0. The zero-order valence-corrected chi connectivity index (χ0v) is 16.5. The van der Waals surface area contributed by atoms with E-state index in [9.17, 15) is 9.59 Å². The minimum Gasteiger partial charge on any atom is -0.368 e. The highest BCUT2D eigenvalue weighted by molar-refractivity contribution is 5.81. The number of nitrogens with zero attached hydrogens (tertiary/aromatic N) is 2. The molecule has 4 bridgehead atoms. The van der Waals surface area contributed by atoms with Gasteiger partial charge >= 0.3 is 0 Å². The van der Waals surface area contributed by atoms with Crippen molar-refractivity contribution in [3.05, 3.63) is 0 Å². The lowest BCUT2D eigenvalue weighted by molar-refractivity contribution is -0.142. The third-order valence-electron chi connectivity index (χ3n) is 8.06. The summed E-state index contributed by atoms with van der Waals surface area (Å²) in [6.07, 6.45) is 11.4. The Labute approximate surface area is 162 Å². The number of hydrogen-bond donors (Lipinski definition) is 0. The summed E-state index contributed by atoms with van der Waals surface area (Å²) in [5.74, 6) is 3.18. The molecule has 5 heteroatoms. The van der Waals surface area contributed by atoms with E-state index < -0.39 is 0 Å². The third-order valence-corrected chi connectivity index (χ3v) is 8.06. The molecule has 4 saturated carbocycles. The molecule has 1 atom stereocenters. The molecule has 2 aliphatic heterocycles. The first-order valence-corrected chi connectivity index (χ1v) is 11.3. The van der Waals surface area contributed by atoms with Crippen LogP contribution in [0.1, 0.15) is 64.2 Å². The van der Waals surface area contributed by atoms with Gasteiger partial charge in [-0.2, -0.15) is 0 Å². The van der Waals surface area contributed by atoms with Crippen molar-refractivity contribution in [1.29, 1.82) is 0 Å². The van der Waals surface area contributed by atoms with Crippen molar-refractivity contribution in [3.8, 4) is 0 Å². The first-order chi connectivity index (χ1) is 13.1. The van der Waals surface area contributed by atoms with Crippen LogP contribution in [0.15, 0.2) is 0 Å². The van der Waals surface area contributed by atoms with Crippen LogP contribution in [-0.2, 0) is 14.3 Å². The molecule has 1 unspecified atom stereocenters. The average molecular weight is 375 g/mol. The van der Waals surface area contributed by atoms with Crippen molar-refractivity contribution in [2.75, 3.05) is 32.8 Å². The fourth-order valence-corrected chi connectivity index (χ4v) is 7.30. The van der Waals surface area contributed by atoms with E-state index in [0.29, 0.717) is 31.0 Å². The first-order valence-electron chi connectivity index (χ1n) is 11.3. The number of ether oxygens (including phenoxy) is 1. The van der Waals surface area contributed by atoms with Gasteiger partial charge in [-0.05, 0) is 81.0 Å². The van der Waals surface area contributed by atoms with Crippen LogP contribution in [-0.4, -0.2) is 60.5 Å². The molecule has 6 aliphatic rings. The Hall–Kier alpha value is -1.10. The second-order valence-corrected chi connectivity index (χ2v) is 10.2. The Morgan fingerprint density at radius 2 is 1.48 bits per heavy atom. The van der Waals surface area contributed by atoms with E-state index in [1.54, 1.807) is 0 Å². The molecule has 6 rings (SSSR count).